The maximum absolute atomic E-state index is 12.1. The monoisotopic (exact) mass is 347 g/mol. The third-order valence-electron chi connectivity index (χ3n) is 3.44. The predicted molar refractivity (Wildman–Crippen MR) is 88.2 cm³/mol. The molecule has 0 saturated carbocycles. The number of carbonyl (C=O) groups is 1. The van der Waals surface area contributed by atoms with E-state index in [4.69, 9.17) is 4.74 Å². The van der Waals surface area contributed by atoms with Crippen molar-refractivity contribution in [2.45, 2.75) is 25.1 Å². The summed E-state index contributed by atoms with van der Waals surface area (Å²) >= 11 is 3.39. The van der Waals surface area contributed by atoms with Gasteiger partial charge in [-0.15, -0.1) is 5.92 Å². The summed E-state index contributed by atoms with van der Waals surface area (Å²) in [5, 5.41) is 0. The van der Waals surface area contributed by atoms with Gasteiger partial charge in [0.1, 0.15) is 12.4 Å². The topological polar surface area (TPSA) is 29.5 Å². The normalized spacial score (nSPS) is 17.9. The fourth-order valence-electron chi connectivity index (χ4n) is 2.28. The molecule has 2 rings (SSSR count). The van der Waals surface area contributed by atoms with Crippen molar-refractivity contribution in [1.29, 1.82) is 0 Å². The first kappa shape index (κ1) is 15.7. The van der Waals surface area contributed by atoms with Gasteiger partial charge >= 0.3 is 0 Å². The first-order chi connectivity index (χ1) is 10.0. The molecule has 4 heteroatoms. The molecule has 1 atom stereocenters. The second kappa shape index (κ2) is 6.82. The number of amides is 1. The van der Waals surface area contributed by atoms with Crippen molar-refractivity contribution >= 4 is 27.5 Å². The van der Waals surface area contributed by atoms with Gasteiger partial charge in [0, 0.05) is 18.3 Å². The molecule has 0 fully saturated rings. The van der Waals surface area contributed by atoms with Gasteiger partial charge in [-0.25, -0.2) is 0 Å². The second-order valence-electron chi connectivity index (χ2n) is 4.88. The summed E-state index contributed by atoms with van der Waals surface area (Å²) in [5.41, 5.74) is 3.09. The van der Waals surface area contributed by atoms with Crippen molar-refractivity contribution in [3.05, 3.63) is 35.4 Å². The first-order valence-corrected chi connectivity index (χ1v) is 7.71. The zero-order valence-corrected chi connectivity index (χ0v) is 14.0. The molecule has 0 saturated heterocycles. The lowest BCUT2D eigenvalue weighted by Gasteiger charge is -2.28. The number of carbonyl (C=O) groups excluding carboxylic acids is 1. The number of allylic oxidation sites excluding steroid dienone is 1. The van der Waals surface area contributed by atoms with Crippen LogP contribution in [0.3, 0.4) is 0 Å². The first-order valence-electron chi connectivity index (χ1n) is 6.80. The molecule has 0 aliphatic carbocycles. The Labute approximate surface area is 134 Å². The van der Waals surface area contributed by atoms with Crippen molar-refractivity contribution in [1.82, 2.24) is 4.90 Å². The van der Waals surface area contributed by atoms with E-state index in [1.165, 1.54) is 0 Å². The largest absolute Gasteiger partial charge is 0.481 e. The van der Waals surface area contributed by atoms with Crippen LogP contribution < -0.4 is 4.74 Å². The van der Waals surface area contributed by atoms with E-state index in [0.29, 0.717) is 13.0 Å². The molecule has 0 bridgehead atoms. The Morgan fingerprint density at radius 2 is 2.24 bits per heavy atom. The highest BCUT2D eigenvalue weighted by Gasteiger charge is 2.26. The number of hydrogen-bond acceptors (Lipinski definition) is 2. The number of hydrogen-bond donors (Lipinski definition) is 0. The molecule has 1 aliphatic heterocycles. The van der Waals surface area contributed by atoms with E-state index in [1.807, 2.05) is 32.2 Å². The minimum atomic E-state index is -0.123. The van der Waals surface area contributed by atoms with Crippen molar-refractivity contribution < 1.29 is 9.53 Å². The molecule has 1 aliphatic rings. The Morgan fingerprint density at radius 3 is 2.90 bits per heavy atom. The van der Waals surface area contributed by atoms with Crippen LogP contribution in [0, 0.1) is 18.8 Å². The van der Waals surface area contributed by atoms with Crippen molar-refractivity contribution in [3.8, 4) is 17.6 Å². The highest BCUT2D eigenvalue weighted by molar-refractivity contribution is 9.10. The number of benzene rings is 1. The molecule has 1 amide bonds. The molecule has 1 aromatic carbocycles. The SMILES string of the molecule is CC#CCOc1ccc(C2=CCC(Br)C(=O)N2C)c(C)c1. The van der Waals surface area contributed by atoms with E-state index < -0.39 is 0 Å². The van der Waals surface area contributed by atoms with Crippen LogP contribution in [0.1, 0.15) is 24.5 Å². The van der Waals surface area contributed by atoms with Gasteiger partial charge < -0.3 is 9.64 Å². The quantitative estimate of drug-likeness (QED) is 0.619. The molecule has 21 heavy (non-hydrogen) atoms. The van der Waals surface area contributed by atoms with E-state index >= 15 is 0 Å². The summed E-state index contributed by atoms with van der Waals surface area (Å²) in [6.45, 7) is 4.20. The van der Waals surface area contributed by atoms with Gasteiger partial charge in [-0.3, -0.25) is 4.79 Å². The molecule has 1 heterocycles. The van der Waals surface area contributed by atoms with Crippen molar-refractivity contribution in [2.75, 3.05) is 13.7 Å². The van der Waals surface area contributed by atoms with Gasteiger partial charge in [-0.1, -0.05) is 27.9 Å². The second-order valence-corrected chi connectivity index (χ2v) is 5.99. The fourth-order valence-corrected chi connectivity index (χ4v) is 2.77. The minimum Gasteiger partial charge on any atom is -0.481 e. The third kappa shape index (κ3) is 3.48. The van der Waals surface area contributed by atoms with Crippen LogP contribution in [-0.4, -0.2) is 29.3 Å². The van der Waals surface area contributed by atoms with Gasteiger partial charge in [0.2, 0.25) is 5.91 Å². The number of aryl methyl sites for hydroxylation is 1. The lowest BCUT2D eigenvalue weighted by Crippen LogP contribution is -2.35. The average Bonchev–Trinajstić information content (AvgIpc) is 2.46. The van der Waals surface area contributed by atoms with E-state index in [0.717, 1.165) is 22.6 Å². The van der Waals surface area contributed by atoms with Crippen LogP contribution in [0.4, 0.5) is 0 Å². The molecule has 110 valence electrons. The summed E-state index contributed by atoms with van der Waals surface area (Å²) in [7, 11) is 1.81. The van der Waals surface area contributed by atoms with Crippen LogP contribution in [0.5, 0.6) is 5.75 Å². The Morgan fingerprint density at radius 1 is 1.48 bits per heavy atom. The maximum atomic E-state index is 12.1. The molecule has 0 spiro atoms. The smallest absolute Gasteiger partial charge is 0.240 e. The zero-order valence-electron chi connectivity index (χ0n) is 12.4. The zero-order chi connectivity index (χ0) is 15.4. The Bertz CT molecular complexity index is 640. The lowest BCUT2D eigenvalue weighted by molar-refractivity contribution is -0.126. The molecule has 0 N–H and O–H groups in total. The van der Waals surface area contributed by atoms with Crippen molar-refractivity contribution in [3.63, 3.8) is 0 Å². The van der Waals surface area contributed by atoms with Crippen LogP contribution in [0.15, 0.2) is 24.3 Å². The van der Waals surface area contributed by atoms with Crippen LogP contribution >= 0.6 is 15.9 Å². The predicted octanol–water partition coefficient (Wildman–Crippen LogP) is 3.36. The molecular weight excluding hydrogens is 330 g/mol. The summed E-state index contributed by atoms with van der Waals surface area (Å²) in [6.07, 6.45) is 2.80. The standard InChI is InChI=1S/C17H18BrNO2/c1-4-5-10-21-13-6-7-14(12(2)11-13)16-9-8-15(18)17(20)19(16)3/h6-7,9,11,15H,8,10H2,1-3H3. The van der Waals surface area contributed by atoms with Crippen LogP contribution in [0.25, 0.3) is 5.70 Å². The number of halogens is 1. The molecule has 1 unspecified atom stereocenters. The third-order valence-corrected chi connectivity index (χ3v) is 4.21. The van der Waals surface area contributed by atoms with Gasteiger partial charge in [-0.05, 0) is 44.0 Å². The molecular formula is C17H18BrNO2. The summed E-state index contributed by atoms with van der Waals surface area (Å²) in [4.78, 5) is 13.6. The Kier molecular flexibility index (Phi) is 5.08. The van der Waals surface area contributed by atoms with E-state index in [9.17, 15) is 4.79 Å². The molecule has 1 aromatic rings. The number of ether oxygens (including phenoxy) is 1. The molecule has 3 nitrogen and oxygen atoms in total. The summed E-state index contributed by atoms with van der Waals surface area (Å²) in [5.74, 6) is 6.55. The number of alkyl halides is 1. The molecule has 0 aromatic heterocycles. The summed E-state index contributed by atoms with van der Waals surface area (Å²) < 4.78 is 5.55. The van der Waals surface area contributed by atoms with Crippen LogP contribution in [0.2, 0.25) is 0 Å². The van der Waals surface area contributed by atoms with E-state index in [1.54, 1.807) is 11.8 Å². The minimum absolute atomic E-state index is 0.0884. The molecule has 0 radical (unpaired) electrons. The summed E-state index contributed by atoms with van der Waals surface area (Å²) in [6, 6.07) is 5.89. The van der Waals surface area contributed by atoms with Gasteiger partial charge in [0.25, 0.3) is 0 Å². The Balaban J connectivity index is 2.24. The van der Waals surface area contributed by atoms with Crippen LogP contribution in [-0.2, 0) is 4.79 Å². The van der Waals surface area contributed by atoms with Crippen molar-refractivity contribution in [2.24, 2.45) is 0 Å². The van der Waals surface area contributed by atoms with E-state index in [2.05, 4.69) is 33.8 Å². The highest BCUT2D eigenvalue weighted by Crippen LogP contribution is 2.30. The number of nitrogens with zero attached hydrogens (tertiary/aromatic N) is 1. The maximum Gasteiger partial charge on any atom is 0.240 e. The lowest BCUT2D eigenvalue weighted by atomic mass is 10.0. The van der Waals surface area contributed by atoms with Gasteiger partial charge in [0.15, 0.2) is 0 Å². The Hall–Kier alpha value is -1.73. The van der Waals surface area contributed by atoms with Gasteiger partial charge in [-0.2, -0.15) is 0 Å². The highest BCUT2D eigenvalue weighted by atomic mass is 79.9. The number of rotatable bonds is 3. The fraction of sp³-hybridized carbons (Fsp3) is 0.353. The average molecular weight is 348 g/mol. The van der Waals surface area contributed by atoms with Gasteiger partial charge in [0.05, 0.1) is 4.83 Å². The van der Waals surface area contributed by atoms with E-state index in [-0.39, 0.29) is 10.7 Å².